The molecule has 9 heteroatoms. The van der Waals surface area contributed by atoms with Gasteiger partial charge in [-0.3, -0.25) is 4.79 Å². The average Bonchev–Trinajstić information content (AvgIpc) is 3.35. The first-order valence-electron chi connectivity index (χ1n) is 13.7. The van der Waals surface area contributed by atoms with Crippen LogP contribution in [0.3, 0.4) is 0 Å². The van der Waals surface area contributed by atoms with Crippen LogP contribution in [0, 0.1) is 6.92 Å². The van der Waals surface area contributed by atoms with E-state index in [9.17, 15) is 9.59 Å². The van der Waals surface area contributed by atoms with E-state index < -0.39 is 0 Å². The van der Waals surface area contributed by atoms with Crippen molar-refractivity contribution < 1.29 is 18.7 Å². The van der Waals surface area contributed by atoms with E-state index in [2.05, 4.69) is 5.32 Å². The summed E-state index contributed by atoms with van der Waals surface area (Å²) in [5, 5.41) is 3.52. The molecule has 3 aromatic carbocycles. The van der Waals surface area contributed by atoms with Crippen LogP contribution in [0.25, 0.3) is 11.3 Å². The number of likely N-dealkylation sites (N-methyl/N-ethyl adjacent to an activating group) is 1. The summed E-state index contributed by atoms with van der Waals surface area (Å²) >= 11 is 6.10. The third kappa shape index (κ3) is 7.27. The Balaban J connectivity index is 1.12. The Morgan fingerprint density at radius 3 is 2.61 bits per heavy atom. The average molecular weight is 573 g/mol. The Morgan fingerprint density at radius 1 is 1.10 bits per heavy atom. The van der Waals surface area contributed by atoms with Crippen molar-refractivity contribution in [2.75, 3.05) is 33.2 Å². The largest absolute Gasteiger partial charge is 0.489 e. The van der Waals surface area contributed by atoms with E-state index in [0.717, 1.165) is 34.6 Å². The molecule has 1 fully saturated rings. The molecule has 1 aliphatic rings. The minimum absolute atomic E-state index is 0.0689. The van der Waals surface area contributed by atoms with Crippen LogP contribution < -0.4 is 10.1 Å². The Morgan fingerprint density at radius 2 is 1.88 bits per heavy atom. The molecule has 0 spiro atoms. The van der Waals surface area contributed by atoms with Crippen LogP contribution in [-0.2, 0) is 13.0 Å². The zero-order chi connectivity index (χ0) is 28.8. The van der Waals surface area contributed by atoms with E-state index in [-0.39, 0.29) is 11.9 Å². The molecule has 0 unspecified atom stereocenters. The lowest BCUT2D eigenvalue weighted by Crippen LogP contribution is -2.49. The Bertz CT molecular complexity index is 1500. The number of hydrogen-bond acceptors (Lipinski definition) is 5. The highest BCUT2D eigenvalue weighted by Crippen LogP contribution is 2.26. The number of ether oxygens (including phenoxy) is 1. The molecule has 8 nitrogen and oxygen atoms in total. The highest BCUT2D eigenvalue weighted by atomic mass is 35.5. The van der Waals surface area contributed by atoms with E-state index in [1.165, 1.54) is 0 Å². The number of hydrogen-bond donors (Lipinski definition) is 1. The van der Waals surface area contributed by atoms with Crippen molar-refractivity contribution in [2.45, 2.75) is 26.4 Å². The van der Waals surface area contributed by atoms with Gasteiger partial charge in [-0.2, -0.15) is 0 Å². The molecule has 0 bridgehead atoms. The van der Waals surface area contributed by atoms with Gasteiger partial charge in [0.05, 0.1) is 0 Å². The first-order valence-corrected chi connectivity index (χ1v) is 14.0. The molecule has 0 saturated carbocycles. The van der Waals surface area contributed by atoms with Crippen LogP contribution >= 0.6 is 11.6 Å². The van der Waals surface area contributed by atoms with Gasteiger partial charge in [-0.05, 0) is 60.9 Å². The van der Waals surface area contributed by atoms with Crippen molar-refractivity contribution in [3.05, 3.63) is 106 Å². The van der Waals surface area contributed by atoms with Crippen LogP contribution in [0.1, 0.15) is 39.6 Å². The molecular weight excluding hydrogens is 540 g/mol. The third-order valence-corrected chi connectivity index (χ3v) is 7.27. The van der Waals surface area contributed by atoms with Crippen molar-refractivity contribution in [3.63, 3.8) is 0 Å². The van der Waals surface area contributed by atoms with Gasteiger partial charge in [0.2, 0.25) is 0 Å². The van der Waals surface area contributed by atoms with Crippen LogP contribution in [0.2, 0.25) is 5.02 Å². The van der Waals surface area contributed by atoms with Crippen LogP contribution in [-0.4, -0.2) is 59.9 Å². The van der Waals surface area contributed by atoms with Crippen LogP contribution in [0.5, 0.6) is 5.75 Å². The zero-order valence-corrected chi connectivity index (χ0v) is 24.0. The predicted molar refractivity (Wildman–Crippen MR) is 158 cm³/mol. The first kappa shape index (κ1) is 28.2. The number of rotatable bonds is 10. The number of benzene rings is 3. The van der Waals surface area contributed by atoms with Gasteiger partial charge in [0.25, 0.3) is 5.91 Å². The maximum atomic E-state index is 12.8. The lowest BCUT2D eigenvalue weighted by atomic mass is 10.1. The van der Waals surface area contributed by atoms with Crippen molar-refractivity contribution >= 4 is 23.5 Å². The number of aryl methyl sites for hydroxylation is 1. The van der Waals surface area contributed by atoms with Gasteiger partial charge >= 0.3 is 6.03 Å². The normalized spacial score (nSPS) is 13.1. The third-order valence-electron chi connectivity index (χ3n) is 7.04. The van der Waals surface area contributed by atoms with Gasteiger partial charge < -0.3 is 24.3 Å². The van der Waals surface area contributed by atoms with Gasteiger partial charge in [-0.25, -0.2) is 9.78 Å². The first-order chi connectivity index (χ1) is 19.9. The van der Waals surface area contributed by atoms with E-state index in [0.29, 0.717) is 61.4 Å². The molecule has 2 heterocycles. The maximum absolute atomic E-state index is 12.8. The van der Waals surface area contributed by atoms with Crippen molar-refractivity contribution in [3.8, 4) is 17.0 Å². The summed E-state index contributed by atoms with van der Waals surface area (Å²) in [6, 6.07) is 22.8. The summed E-state index contributed by atoms with van der Waals surface area (Å²) in [7, 11) is 1.75. The van der Waals surface area contributed by atoms with Gasteiger partial charge in [-0.15, -0.1) is 0 Å². The molecule has 1 aliphatic heterocycles. The SMILES string of the molecule is Cc1oc(Cc2cccc(Cl)c2)nc1-c1ccc(COc2ccc(C(=O)N(C)CCN3CCCNC3=O)cc2)cc1. The molecule has 4 aromatic rings. The maximum Gasteiger partial charge on any atom is 0.317 e. The minimum Gasteiger partial charge on any atom is -0.489 e. The highest BCUT2D eigenvalue weighted by Gasteiger charge is 2.19. The number of nitrogens with one attached hydrogen (secondary N) is 1. The standard InChI is InChI=1S/C32H33ClN4O4/c1-22-30(35-29(41-22)20-24-5-3-6-27(33)19-24)25-9-7-23(8-10-25)21-40-28-13-11-26(12-14-28)31(38)36(2)17-18-37-16-4-15-34-32(37)39/h3,5-14,19H,4,15-18,20-21H2,1-2H3,(H,34,39). The number of oxazole rings is 1. The second-order valence-corrected chi connectivity index (χ2v) is 10.6. The fourth-order valence-corrected chi connectivity index (χ4v) is 4.93. The summed E-state index contributed by atoms with van der Waals surface area (Å²) in [5.74, 6) is 2.00. The van der Waals surface area contributed by atoms with Gasteiger partial charge in [0.1, 0.15) is 23.8 Å². The highest BCUT2D eigenvalue weighted by molar-refractivity contribution is 6.30. The summed E-state index contributed by atoms with van der Waals surface area (Å²) in [4.78, 5) is 32.8. The van der Waals surface area contributed by atoms with Crippen molar-refractivity contribution in [1.82, 2.24) is 20.1 Å². The molecule has 1 aromatic heterocycles. The van der Waals surface area contributed by atoms with E-state index in [1.54, 1.807) is 41.1 Å². The molecule has 1 saturated heterocycles. The fraction of sp³-hybridized carbons (Fsp3) is 0.281. The molecular formula is C32H33ClN4O4. The van der Waals surface area contributed by atoms with Gasteiger partial charge in [-0.1, -0.05) is 48.0 Å². The Hall–Kier alpha value is -4.30. The van der Waals surface area contributed by atoms with E-state index >= 15 is 0 Å². The topological polar surface area (TPSA) is 87.9 Å². The Labute approximate surface area is 244 Å². The van der Waals surface area contributed by atoms with E-state index in [1.807, 2.05) is 55.5 Å². The molecule has 212 valence electrons. The summed E-state index contributed by atoms with van der Waals surface area (Å²) in [6.45, 7) is 4.71. The predicted octanol–water partition coefficient (Wildman–Crippen LogP) is 5.96. The number of nitrogens with zero attached hydrogens (tertiary/aromatic N) is 3. The van der Waals surface area contributed by atoms with Crippen molar-refractivity contribution in [1.29, 1.82) is 0 Å². The van der Waals surface area contributed by atoms with Gasteiger partial charge in [0.15, 0.2) is 5.89 Å². The molecule has 41 heavy (non-hydrogen) atoms. The number of urea groups is 1. The summed E-state index contributed by atoms with van der Waals surface area (Å²) < 4.78 is 11.9. The molecule has 1 N–H and O–H groups in total. The molecule has 0 atom stereocenters. The Kier molecular flexibility index (Phi) is 8.89. The number of carbonyl (C=O) groups is 2. The molecule has 3 amide bonds. The van der Waals surface area contributed by atoms with Crippen molar-refractivity contribution in [2.24, 2.45) is 0 Å². The number of amides is 3. The molecule has 0 radical (unpaired) electrons. The number of halogens is 1. The second kappa shape index (κ2) is 12.9. The quantitative estimate of drug-likeness (QED) is 0.253. The number of carbonyl (C=O) groups excluding carboxylic acids is 2. The molecule has 0 aliphatic carbocycles. The fourth-order valence-electron chi connectivity index (χ4n) is 4.72. The van der Waals surface area contributed by atoms with Crippen LogP contribution in [0.4, 0.5) is 4.79 Å². The second-order valence-electron chi connectivity index (χ2n) is 10.1. The van der Waals surface area contributed by atoms with E-state index in [4.69, 9.17) is 25.7 Å². The molecule has 5 rings (SSSR count). The van der Waals surface area contributed by atoms with Gasteiger partial charge in [0, 0.05) is 55.8 Å². The lowest BCUT2D eigenvalue weighted by Gasteiger charge is -2.29. The monoisotopic (exact) mass is 572 g/mol. The smallest absolute Gasteiger partial charge is 0.317 e. The zero-order valence-electron chi connectivity index (χ0n) is 23.2. The minimum atomic E-state index is -0.0940. The van der Waals surface area contributed by atoms with Crippen LogP contribution in [0.15, 0.2) is 77.2 Å². The summed E-state index contributed by atoms with van der Waals surface area (Å²) in [5.41, 5.74) is 4.42. The number of aromatic nitrogens is 1. The summed E-state index contributed by atoms with van der Waals surface area (Å²) in [6.07, 6.45) is 1.49. The lowest BCUT2D eigenvalue weighted by molar-refractivity contribution is 0.0779.